The van der Waals surface area contributed by atoms with E-state index < -0.39 is 0 Å². The minimum absolute atomic E-state index is 0.110. The first-order valence-corrected chi connectivity index (χ1v) is 5.07. The summed E-state index contributed by atoms with van der Waals surface area (Å²) in [5.41, 5.74) is 6.68. The van der Waals surface area contributed by atoms with Crippen LogP contribution in [0.2, 0.25) is 0 Å². The summed E-state index contributed by atoms with van der Waals surface area (Å²) >= 11 is 0. The van der Waals surface area contributed by atoms with Gasteiger partial charge in [-0.15, -0.1) is 0 Å². The minimum atomic E-state index is -0.238. The number of rotatable bonds is 1. The third-order valence-electron chi connectivity index (χ3n) is 2.53. The van der Waals surface area contributed by atoms with Gasteiger partial charge in [-0.2, -0.15) is 0 Å². The number of hydrogen-bond acceptors (Lipinski definition) is 4. The Kier molecular flexibility index (Phi) is 1.98. The molecule has 0 amide bonds. The van der Waals surface area contributed by atoms with Crippen molar-refractivity contribution in [1.82, 2.24) is 9.97 Å². The Balaban J connectivity index is 2.30. The second kappa shape index (κ2) is 3.48. The highest BCUT2D eigenvalue weighted by Gasteiger charge is 2.05. The van der Waals surface area contributed by atoms with E-state index in [0.29, 0.717) is 10.9 Å². The zero-order valence-electron chi connectivity index (χ0n) is 8.81. The number of nitrogen functional groups attached to an aromatic ring is 1. The normalized spacial score (nSPS) is 10.8. The quantitative estimate of drug-likeness (QED) is 0.663. The molecule has 1 aromatic carbocycles. The molecule has 0 radical (unpaired) electrons. The monoisotopic (exact) mass is 227 g/mol. The molecule has 0 atom stereocenters. The van der Waals surface area contributed by atoms with Gasteiger partial charge in [0, 0.05) is 5.56 Å². The molecule has 5 heteroatoms. The van der Waals surface area contributed by atoms with Crippen molar-refractivity contribution in [2.75, 3.05) is 5.73 Å². The molecule has 2 aromatic heterocycles. The van der Waals surface area contributed by atoms with E-state index in [0.717, 1.165) is 11.3 Å². The van der Waals surface area contributed by atoms with Crippen molar-refractivity contribution >= 4 is 16.9 Å². The molecule has 84 valence electrons. The van der Waals surface area contributed by atoms with E-state index in [2.05, 4.69) is 9.97 Å². The van der Waals surface area contributed by atoms with Gasteiger partial charge in [-0.1, -0.05) is 6.07 Å². The van der Waals surface area contributed by atoms with Gasteiger partial charge in [-0.05, 0) is 24.3 Å². The number of H-pyrrole nitrogens is 1. The molecule has 0 bridgehead atoms. The van der Waals surface area contributed by atoms with Crippen LogP contribution in [-0.4, -0.2) is 9.97 Å². The maximum atomic E-state index is 11.6. The van der Waals surface area contributed by atoms with Gasteiger partial charge >= 0.3 is 0 Å². The van der Waals surface area contributed by atoms with Crippen molar-refractivity contribution in [1.29, 1.82) is 0 Å². The van der Waals surface area contributed by atoms with Crippen LogP contribution in [0.1, 0.15) is 0 Å². The number of hydrogen-bond donors (Lipinski definition) is 2. The molecule has 3 aromatic rings. The zero-order valence-corrected chi connectivity index (χ0v) is 8.81. The van der Waals surface area contributed by atoms with E-state index in [4.69, 9.17) is 10.2 Å². The maximum absolute atomic E-state index is 11.6. The molecular formula is C12H9N3O2. The summed E-state index contributed by atoms with van der Waals surface area (Å²) in [6.45, 7) is 0. The van der Waals surface area contributed by atoms with Crippen LogP contribution in [0.15, 0.2) is 45.8 Å². The van der Waals surface area contributed by atoms with Gasteiger partial charge in [-0.3, -0.25) is 9.78 Å². The van der Waals surface area contributed by atoms with Gasteiger partial charge in [0.2, 0.25) is 5.95 Å². The number of nitrogens with zero attached hydrogens (tertiary/aromatic N) is 1. The van der Waals surface area contributed by atoms with Crippen LogP contribution in [-0.2, 0) is 0 Å². The highest BCUT2D eigenvalue weighted by Crippen LogP contribution is 2.22. The second-order valence-electron chi connectivity index (χ2n) is 3.66. The standard InChI is InChI=1S/C12H9N3O2/c13-12-14-9-6-7(10-2-1-5-17-10)3-4-8(9)11(16)15-12/h1-6H,(H3,13,14,15,16). The van der Waals surface area contributed by atoms with Gasteiger partial charge in [0.25, 0.3) is 5.56 Å². The Bertz CT molecular complexity index is 729. The fourth-order valence-electron chi connectivity index (χ4n) is 1.75. The number of aromatic amines is 1. The van der Waals surface area contributed by atoms with Gasteiger partial charge in [0.1, 0.15) is 5.76 Å². The molecule has 0 aliphatic heterocycles. The molecule has 3 rings (SSSR count). The van der Waals surface area contributed by atoms with Crippen molar-refractivity contribution in [3.63, 3.8) is 0 Å². The Morgan fingerprint density at radius 3 is 2.94 bits per heavy atom. The van der Waals surface area contributed by atoms with Crippen LogP contribution in [0.3, 0.4) is 0 Å². The summed E-state index contributed by atoms with van der Waals surface area (Å²) in [6, 6.07) is 8.95. The van der Waals surface area contributed by atoms with E-state index in [-0.39, 0.29) is 11.5 Å². The molecule has 0 unspecified atom stereocenters. The lowest BCUT2D eigenvalue weighted by molar-refractivity contribution is 0.582. The van der Waals surface area contributed by atoms with Gasteiger partial charge in [0.05, 0.1) is 17.2 Å². The Morgan fingerprint density at radius 2 is 2.18 bits per heavy atom. The smallest absolute Gasteiger partial charge is 0.260 e. The Labute approximate surface area is 95.9 Å². The third kappa shape index (κ3) is 1.57. The predicted molar refractivity (Wildman–Crippen MR) is 64.5 cm³/mol. The second-order valence-corrected chi connectivity index (χ2v) is 3.66. The number of aromatic nitrogens is 2. The van der Waals surface area contributed by atoms with E-state index in [1.54, 1.807) is 24.5 Å². The van der Waals surface area contributed by atoms with Crippen LogP contribution < -0.4 is 11.3 Å². The molecule has 0 fully saturated rings. The van der Waals surface area contributed by atoms with Crippen LogP contribution in [0, 0.1) is 0 Å². The van der Waals surface area contributed by atoms with E-state index in [1.807, 2.05) is 12.1 Å². The number of anilines is 1. The molecule has 0 saturated carbocycles. The zero-order chi connectivity index (χ0) is 11.8. The van der Waals surface area contributed by atoms with Crippen molar-refractivity contribution in [2.45, 2.75) is 0 Å². The summed E-state index contributed by atoms with van der Waals surface area (Å²) in [5.74, 6) is 0.839. The molecule has 5 nitrogen and oxygen atoms in total. The largest absolute Gasteiger partial charge is 0.464 e. The molecule has 0 aliphatic carbocycles. The molecule has 0 saturated heterocycles. The van der Waals surface area contributed by atoms with Crippen molar-refractivity contribution in [3.8, 4) is 11.3 Å². The number of fused-ring (bicyclic) bond motifs is 1. The average molecular weight is 227 g/mol. The van der Waals surface area contributed by atoms with E-state index in [9.17, 15) is 4.79 Å². The SMILES string of the molecule is Nc1nc2cc(-c3ccco3)ccc2c(=O)[nH]1. The summed E-state index contributed by atoms with van der Waals surface area (Å²) in [7, 11) is 0. The van der Waals surface area contributed by atoms with Crippen molar-refractivity contribution < 1.29 is 4.42 Å². The lowest BCUT2D eigenvalue weighted by atomic mass is 10.1. The minimum Gasteiger partial charge on any atom is -0.464 e. The van der Waals surface area contributed by atoms with Crippen LogP contribution in [0.25, 0.3) is 22.2 Å². The maximum Gasteiger partial charge on any atom is 0.260 e. The van der Waals surface area contributed by atoms with Crippen molar-refractivity contribution in [3.05, 3.63) is 46.9 Å². The van der Waals surface area contributed by atoms with Crippen molar-refractivity contribution in [2.24, 2.45) is 0 Å². The average Bonchev–Trinajstić information content (AvgIpc) is 2.81. The topological polar surface area (TPSA) is 84.9 Å². The summed E-state index contributed by atoms with van der Waals surface area (Å²) < 4.78 is 5.28. The molecule has 0 aliphatic rings. The van der Waals surface area contributed by atoms with E-state index in [1.165, 1.54) is 0 Å². The highest BCUT2D eigenvalue weighted by atomic mass is 16.3. The molecule has 17 heavy (non-hydrogen) atoms. The first kappa shape index (κ1) is 9.65. The van der Waals surface area contributed by atoms with Crippen LogP contribution >= 0.6 is 0 Å². The highest BCUT2D eigenvalue weighted by molar-refractivity contribution is 5.83. The lowest BCUT2D eigenvalue weighted by Crippen LogP contribution is -2.10. The van der Waals surface area contributed by atoms with Crippen LogP contribution in [0.4, 0.5) is 5.95 Å². The Morgan fingerprint density at radius 1 is 1.29 bits per heavy atom. The third-order valence-corrected chi connectivity index (χ3v) is 2.53. The number of nitrogens with two attached hydrogens (primary N) is 1. The van der Waals surface area contributed by atoms with Crippen LogP contribution in [0.5, 0.6) is 0 Å². The lowest BCUT2D eigenvalue weighted by Gasteiger charge is -2.01. The van der Waals surface area contributed by atoms with Gasteiger partial charge < -0.3 is 10.2 Å². The Hall–Kier alpha value is -2.56. The summed E-state index contributed by atoms with van der Waals surface area (Å²) in [6.07, 6.45) is 1.60. The number of furan rings is 1. The predicted octanol–water partition coefficient (Wildman–Crippen LogP) is 1.77. The molecule has 3 N–H and O–H groups in total. The number of benzene rings is 1. The molecule has 0 spiro atoms. The fraction of sp³-hybridized carbons (Fsp3) is 0. The van der Waals surface area contributed by atoms with Gasteiger partial charge in [-0.25, -0.2) is 4.98 Å². The van der Waals surface area contributed by atoms with E-state index >= 15 is 0 Å². The first-order valence-electron chi connectivity index (χ1n) is 5.07. The number of nitrogens with one attached hydrogen (secondary N) is 1. The summed E-state index contributed by atoms with van der Waals surface area (Å²) in [4.78, 5) is 18.1. The first-order chi connectivity index (χ1) is 8.24. The fourth-order valence-corrected chi connectivity index (χ4v) is 1.75. The molecular weight excluding hydrogens is 218 g/mol. The van der Waals surface area contributed by atoms with Gasteiger partial charge in [0.15, 0.2) is 0 Å². The summed E-state index contributed by atoms with van der Waals surface area (Å²) in [5, 5.41) is 0.509. The molecule has 2 heterocycles.